The van der Waals surface area contributed by atoms with Crippen LogP contribution in [0.5, 0.6) is 5.75 Å². The van der Waals surface area contributed by atoms with E-state index >= 15 is 0 Å². The van der Waals surface area contributed by atoms with Crippen LogP contribution in [0.25, 0.3) is 0 Å². The van der Waals surface area contributed by atoms with E-state index in [0.29, 0.717) is 55.7 Å². The van der Waals surface area contributed by atoms with Crippen molar-refractivity contribution in [2.24, 2.45) is 0 Å². The van der Waals surface area contributed by atoms with Crippen LogP contribution in [0.1, 0.15) is 57.7 Å². The maximum Gasteiger partial charge on any atom is 0.246 e. The summed E-state index contributed by atoms with van der Waals surface area (Å²) in [5.41, 5.74) is 0.425. The van der Waals surface area contributed by atoms with Gasteiger partial charge in [0.1, 0.15) is 10.6 Å². The van der Waals surface area contributed by atoms with Crippen LogP contribution in [0.15, 0.2) is 27.6 Å². The van der Waals surface area contributed by atoms with Crippen LogP contribution in [0, 0.1) is 0 Å². The zero-order valence-electron chi connectivity index (χ0n) is 18.1. The predicted octanol–water partition coefficient (Wildman–Crippen LogP) is 3.17. The third kappa shape index (κ3) is 6.04. The summed E-state index contributed by atoms with van der Waals surface area (Å²) in [6, 6.07) is 4.72. The lowest BCUT2D eigenvalue weighted by molar-refractivity contribution is -0.116. The van der Waals surface area contributed by atoms with Gasteiger partial charge in [-0.1, -0.05) is 12.1 Å². The maximum absolute atomic E-state index is 13.1. The summed E-state index contributed by atoms with van der Waals surface area (Å²) in [5, 5.41) is 6.68. The van der Waals surface area contributed by atoms with Crippen LogP contribution in [0.2, 0.25) is 0 Å². The Balaban J connectivity index is 1.63. The first-order valence-electron chi connectivity index (χ1n) is 10.8. The molecule has 0 saturated carbocycles. The zero-order valence-corrected chi connectivity index (χ0v) is 18.9. The Hall–Kier alpha value is -2.46. The number of anilines is 1. The minimum atomic E-state index is -3.68. The highest BCUT2D eigenvalue weighted by Crippen LogP contribution is 2.31. The van der Waals surface area contributed by atoms with E-state index in [1.165, 1.54) is 10.4 Å². The summed E-state index contributed by atoms with van der Waals surface area (Å²) in [6.45, 7) is 5.20. The first kappa shape index (κ1) is 23.2. The number of nitrogens with one attached hydrogen (secondary N) is 1. The van der Waals surface area contributed by atoms with Crippen molar-refractivity contribution >= 4 is 21.6 Å². The molecule has 0 spiro atoms. The van der Waals surface area contributed by atoms with E-state index in [-0.39, 0.29) is 17.2 Å². The number of benzene rings is 1. The maximum atomic E-state index is 13.1. The van der Waals surface area contributed by atoms with Gasteiger partial charge in [0.05, 0.1) is 6.61 Å². The monoisotopic (exact) mass is 450 g/mol. The molecule has 0 atom stereocenters. The number of carbonyl (C=O) groups is 1. The van der Waals surface area contributed by atoms with Crippen LogP contribution in [-0.4, -0.2) is 48.5 Å². The lowest BCUT2D eigenvalue weighted by Crippen LogP contribution is -2.28. The summed E-state index contributed by atoms with van der Waals surface area (Å²) in [4.78, 5) is 16.7. The van der Waals surface area contributed by atoms with Gasteiger partial charge in [-0.2, -0.15) is 9.29 Å². The van der Waals surface area contributed by atoms with Crippen LogP contribution in [0.4, 0.5) is 5.69 Å². The zero-order chi connectivity index (χ0) is 22.3. The van der Waals surface area contributed by atoms with Crippen molar-refractivity contribution in [3.8, 4) is 5.75 Å². The molecule has 170 valence electrons. The first-order valence-corrected chi connectivity index (χ1v) is 12.3. The van der Waals surface area contributed by atoms with Crippen molar-refractivity contribution in [1.82, 2.24) is 14.4 Å². The van der Waals surface area contributed by atoms with Gasteiger partial charge < -0.3 is 14.6 Å². The molecule has 3 rings (SSSR count). The second-order valence-electron chi connectivity index (χ2n) is 7.46. The molecule has 0 unspecified atom stereocenters. The van der Waals surface area contributed by atoms with Gasteiger partial charge in [-0.25, -0.2) is 8.42 Å². The molecule has 1 aliphatic rings. The molecule has 0 aliphatic carbocycles. The van der Waals surface area contributed by atoms with Crippen molar-refractivity contribution in [3.63, 3.8) is 0 Å². The Labute approximate surface area is 183 Å². The van der Waals surface area contributed by atoms with Gasteiger partial charge >= 0.3 is 0 Å². The number of hydrogen-bond donors (Lipinski definition) is 1. The van der Waals surface area contributed by atoms with Crippen LogP contribution >= 0.6 is 0 Å². The average molecular weight is 451 g/mol. The normalized spacial score (nSPS) is 14.6. The highest BCUT2D eigenvalue weighted by atomic mass is 32.2. The standard InChI is InChI=1S/C21H30N4O5S/c1-3-8-19-23-21(30-24-19)10-7-9-20(26)22-16-11-12-17(29-4-2)18(15-16)31(27,28)25-13-5-6-14-25/h11-12,15H,3-10,13-14H2,1-2H3,(H,22,26). The average Bonchev–Trinajstić information content (AvgIpc) is 3.42. The van der Waals surface area contributed by atoms with Gasteiger partial charge in [0.25, 0.3) is 0 Å². The summed E-state index contributed by atoms with van der Waals surface area (Å²) in [7, 11) is -3.68. The summed E-state index contributed by atoms with van der Waals surface area (Å²) in [6.07, 6.45) is 4.73. The van der Waals surface area contributed by atoms with Gasteiger partial charge in [0.15, 0.2) is 5.82 Å². The molecule has 1 amide bonds. The molecular weight excluding hydrogens is 420 g/mol. The molecular formula is C21H30N4O5S. The topological polar surface area (TPSA) is 115 Å². The quantitative estimate of drug-likeness (QED) is 0.559. The molecule has 0 radical (unpaired) electrons. The van der Waals surface area contributed by atoms with Gasteiger partial charge in [0.2, 0.25) is 21.8 Å². The highest BCUT2D eigenvalue weighted by molar-refractivity contribution is 7.89. The molecule has 0 bridgehead atoms. The third-order valence-corrected chi connectivity index (χ3v) is 6.91. The minimum absolute atomic E-state index is 0.0864. The van der Waals surface area contributed by atoms with Crippen molar-refractivity contribution in [3.05, 3.63) is 29.9 Å². The van der Waals surface area contributed by atoms with Crippen LogP contribution in [-0.2, 0) is 27.7 Å². The van der Waals surface area contributed by atoms with E-state index in [9.17, 15) is 13.2 Å². The number of sulfonamides is 1. The van der Waals surface area contributed by atoms with Gasteiger partial charge in [-0.3, -0.25) is 4.79 Å². The van der Waals surface area contributed by atoms with Crippen LogP contribution < -0.4 is 10.1 Å². The Bertz CT molecular complexity index is 983. The molecule has 1 N–H and O–H groups in total. The Morgan fingerprint density at radius 1 is 1.23 bits per heavy atom. The summed E-state index contributed by atoms with van der Waals surface area (Å²) >= 11 is 0. The van der Waals surface area contributed by atoms with Crippen molar-refractivity contribution < 1.29 is 22.5 Å². The second-order valence-corrected chi connectivity index (χ2v) is 9.37. The Morgan fingerprint density at radius 3 is 2.71 bits per heavy atom. The number of nitrogens with zero attached hydrogens (tertiary/aromatic N) is 3. The van der Waals surface area contributed by atoms with E-state index in [0.717, 1.165) is 25.7 Å². The van der Waals surface area contributed by atoms with Crippen molar-refractivity contribution in [2.75, 3.05) is 25.0 Å². The highest BCUT2D eigenvalue weighted by Gasteiger charge is 2.30. The fourth-order valence-corrected chi connectivity index (χ4v) is 5.14. The first-order chi connectivity index (χ1) is 14.9. The predicted molar refractivity (Wildman–Crippen MR) is 115 cm³/mol. The fourth-order valence-electron chi connectivity index (χ4n) is 3.47. The largest absolute Gasteiger partial charge is 0.492 e. The molecule has 1 aromatic carbocycles. The lowest BCUT2D eigenvalue weighted by Gasteiger charge is -2.19. The lowest BCUT2D eigenvalue weighted by atomic mass is 10.2. The molecule has 2 heterocycles. The van der Waals surface area contributed by atoms with Gasteiger partial charge in [0, 0.05) is 38.0 Å². The molecule has 10 heteroatoms. The second kappa shape index (κ2) is 10.7. The number of rotatable bonds is 11. The van der Waals surface area contributed by atoms with E-state index in [4.69, 9.17) is 9.26 Å². The van der Waals surface area contributed by atoms with Crippen molar-refractivity contribution in [2.45, 2.75) is 63.7 Å². The number of aryl methyl sites for hydroxylation is 2. The molecule has 31 heavy (non-hydrogen) atoms. The molecule has 1 saturated heterocycles. The smallest absolute Gasteiger partial charge is 0.246 e. The summed E-state index contributed by atoms with van der Waals surface area (Å²) < 4.78 is 38.3. The summed E-state index contributed by atoms with van der Waals surface area (Å²) in [5.74, 6) is 1.30. The number of aromatic nitrogens is 2. The number of hydrogen-bond acceptors (Lipinski definition) is 7. The molecule has 1 aromatic heterocycles. The molecule has 1 fully saturated rings. The van der Waals surface area contributed by atoms with E-state index in [1.807, 2.05) is 6.92 Å². The number of amides is 1. The third-order valence-electron chi connectivity index (χ3n) is 4.99. The van der Waals surface area contributed by atoms with Gasteiger partial charge in [-0.15, -0.1) is 0 Å². The van der Waals surface area contributed by atoms with Crippen LogP contribution in [0.3, 0.4) is 0 Å². The Kier molecular flexibility index (Phi) is 8.03. The molecule has 9 nitrogen and oxygen atoms in total. The minimum Gasteiger partial charge on any atom is -0.492 e. The Morgan fingerprint density at radius 2 is 2.00 bits per heavy atom. The van der Waals surface area contributed by atoms with Gasteiger partial charge in [-0.05, 0) is 50.8 Å². The van der Waals surface area contributed by atoms with E-state index < -0.39 is 10.0 Å². The number of carbonyl (C=O) groups excluding carboxylic acids is 1. The number of ether oxygens (including phenoxy) is 1. The molecule has 1 aliphatic heterocycles. The van der Waals surface area contributed by atoms with E-state index in [2.05, 4.69) is 15.5 Å². The van der Waals surface area contributed by atoms with Crippen molar-refractivity contribution in [1.29, 1.82) is 0 Å². The fraction of sp³-hybridized carbons (Fsp3) is 0.571. The SMILES string of the molecule is CCCc1noc(CCCC(=O)Nc2ccc(OCC)c(S(=O)(=O)N3CCCC3)c2)n1. The van der Waals surface area contributed by atoms with E-state index in [1.54, 1.807) is 19.1 Å². The molecule has 2 aromatic rings.